The maximum atomic E-state index is 12.3. The molecule has 0 bridgehead atoms. The molecule has 2 amide bonds. The molecule has 3 rings (SSSR count). The van der Waals surface area contributed by atoms with E-state index in [2.05, 4.69) is 20.4 Å². The van der Waals surface area contributed by atoms with Crippen LogP contribution in [0, 0.1) is 0 Å². The van der Waals surface area contributed by atoms with Gasteiger partial charge in [0.25, 0.3) is 11.8 Å². The van der Waals surface area contributed by atoms with E-state index in [0.29, 0.717) is 17.9 Å². The van der Waals surface area contributed by atoms with Gasteiger partial charge >= 0.3 is 0 Å². The number of anilines is 2. The normalized spacial score (nSPS) is 10.6. The summed E-state index contributed by atoms with van der Waals surface area (Å²) in [5.41, 5.74) is 11.6. The summed E-state index contributed by atoms with van der Waals surface area (Å²) in [7, 11) is 0. The summed E-state index contributed by atoms with van der Waals surface area (Å²) >= 11 is 0. The van der Waals surface area contributed by atoms with Gasteiger partial charge in [-0.25, -0.2) is 9.97 Å². The molecule has 0 aliphatic heterocycles. The average Bonchev–Trinajstić information content (AvgIpc) is 3.21. The number of nitrogen functional groups attached to an aromatic ring is 1. The second-order valence-corrected chi connectivity index (χ2v) is 5.06. The molecule has 0 unspecified atom stereocenters. The lowest BCUT2D eigenvalue weighted by atomic mass is 10.2. The highest BCUT2D eigenvalue weighted by atomic mass is 16.4. The van der Waals surface area contributed by atoms with Crippen LogP contribution in [0.25, 0.3) is 11.5 Å². The summed E-state index contributed by atoms with van der Waals surface area (Å²) in [6.45, 7) is 2.36. The molecule has 128 valence electrons. The van der Waals surface area contributed by atoms with Gasteiger partial charge in [0.15, 0.2) is 5.69 Å². The topological polar surface area (TPSA) is 155 Å². The van der Waals surface area contributed by atoms with Crippen molar-refractivity contribution in [3.8, 4) is 11.5 Å². The molecule has 25 heavy (non-hydrogen) atoms. The van der Waals surface area contributed by atoms with Crippen LogP contribution in [0.5, 0.6) is 0 Å². The van der Waals surface area contributed by atoms with Crippen molar-refractivity contribution in [3.05, 3.63) is 42.2 Å². The molecule has 10 nitrogen and oxygen atoms in total. The van der Waals surface area contributed by atoms with Crippen LogP contribution in [0.4, 0.5) is 11.5 Å². The maximum absolute atomic E-state index is 12.3. The van der Waals surface area contributed by atoms with E-state index < -0.39 is 11.8 Å². The molecule has 0 aliphatic carbocycles. The molecule has 0 atom stereocenters. The molecular formula is C15H15N7O3. The van der Waals surface area contributed by atoms with Gasteiger partial charge in [-0.3, -0.25) is 14.3 Å². The third-order valence-corrected chi connectivity index (χ3v) is 3.32. The Labute approximate surface area is 141 Å². The van der Waals surface area contributed by atoms with Crippen LogP contribution in [-0.4, -0.2) is 31.6 Å². The van der Waals surface area contributed by atoms with Gasteiger partial charge in [-0.2, -0.15) is 5.10 Å². The number of hydrogen-bond acceptors (Lipinski definition) is 7. The van der Waals surface area contributed by atoms with Crippen LogP contribution < -0.4 is 16.8 Å². The zero-order chi connectivity index (χ0) is 18.0. The zero-order valence-corrected chi connectivity index (χ0v) is 13.3. The Hall–Kier alpha value is -3.69. The van der Waals surface area contributed by atoms with E-state index in [1.807, 2.05) is 6.92 Å². The minimum Gasteiger partial charge on any atom is -0.431 e. The summed E-state index contributed by atoms with van der Waals surface area (Å²) in [6.07, 6.45) is 4.29. The number of carbonyl (C=O) groups excluding carboxylic acids is 2. The van der Waals surface area contributed by atoms with E-state index in [9.17, 15) is 9.59 Å². The third kappa shape index (κ3) is 3.32. The SMILES string of the molecule is CCn1cc(NC(=O)c2cnc(-c3ccnc(N)c3)o2)c(C(N)=O)n1. The lowest BCUT2D eigenvalue weighted by molar-refractivity contribution is 0.0995. The van der Waals surface area contributed by atoms with Crippen LogP contribution >= 0.6 is 0 Å². The van der Waals surface area contributed by atoms with Crippen molar-refractivity contribution in [2.24, 2.45) is 5.73 Å². The molecular weight excluding hydrogens is 326 g/mol. The fourth-order valence-corrected chi connectivity index (χ4v) is 2.13. The average molecular weight is 341 g/mol. The molecule has 0 saturated heterocycles. The Morgan fingerprint density at radius 1 is 1.36 bits per heavy atom. The van der Waals surface area contributed by atoms with E-state index in [1.54, 1.807) is 12.1 Å². The van der Waals surface area contributed by atoms with Crippen molar-refractivity contribution in [3.63, 3.8) is 0 Å². The number of nitrogens with zero attached hydrogens (tertiary/aromatic N) is 4. The van der Waals surface area contributed by atoms with Gasteiger partial charge in [-0.05, 0) is 19.1 Å². The Balaban J connectivity index is 1.83. The van der Waals surface area contributed by atoms with Crippen molar-refractivity contribution in [2.45, 2.75) is 13.5 Å². The molecule has 0 spiro atoms. The summed E-state index contributed by atoms with van der Waals surface area (Å²) in [5, 5.41) is 6.54. The van der Waals surface area contributed by atoms with Gasteiger partial charge in [0.1, 0.15) is 5.82 Å². The van der Waals surface area contributed by atoms with E-state index >= 15 is 0 Å². The van der Waals surface area contributed by atoms with Gasteiger partial charge in [-0.15, -0.1) is 0 Å². The van der Waals surface area contributed by atoms with Crippen LogP contribution in [0.3, 0.4) is 0 Å². The van der Waals surface area contributed by atoms with E-state index in [-0.39, 0.29) is 23.0 Å². The predicted octanol–water partition coefficient (Wildman–Crippen LogP) is 0.886. The van der Waals surface area contributed by atoms with Crippen molar-refractivity contribution < 1.29 is 14.0 Å². The lowest BCUT2D eigenvalue weighted by Crippen LogP contribution is -2.17. The van der Waals surface area contributed by atoms with Crippen LogP contribution in [0.1, 0.15) is 28.0 Å². The zero-order valence-electron chi connectivity index (χ0n) is 13.3. The number of carbonyl (C=O) groups is 2. The summed E-state index contributed by atoms with van der Waals surface area (Å²) < 4.78 is 6.93. The Kier molecular flexibility index (Phi) is 4.16. The minimum absolute atomic E-state index is 0.0307. The molecule has 5 N–H and O–H groups in total. The number of pyridine rings is 1. The van der Waals surface area contributed by atoms with Gasteiger partial charge in [0, 0.05) is 24.5 Å². The monoisotopic (exact) mass is 341 g/mol. The Morgan fingerprint density at radius 3 is 2.84 bits per heavy atom. The molecule has 0 radical (unpaired) electrons. The lowest BCUT2D eigenvalue weighted by Gasteiger charge is -2.01. The first kappa shape index (κ1) is 16.2. The quantitative estimate of drug-likeness (QED) is 0.622. The number of primary amides is 1. The summed E-state index contributed by atoms with van der Waals surface area (Å²) in [5.74, 6) is -0.838. The first-order valence-electron chi connectivity index (χ1n) is 7.34. The number of hydrogen-bond donors (Lipinski definition) is 3. The predicted molar refractivity (Wildman–Crippen MR) is 88.5 cm³/mol. The maximum Gasteiger partial charge on any atom is 0.293 e. The third-order valence-electron chi connectivity index (χ3n) is 3.32. The number of oxazole rings is 1. The van der Waals surface area contributed by atoms with Crippen LogP contribution in [0.15, 0.2) is 35.1 Å². The van der Waals surface area contributed by atoms with Crippen LogP contribution in [0.2, 0.25) is 0 Å². The Bertz CT molecular complexity index is 944. The highest BCUT2D eigenvalue weighted by Gasteiger charge is 2.19. The van der Waals surface area contributed by atoms with Crippen molar-refractivity contribution >= 4 is 23.3 Å². The van der Waals surface area contributed by atoms with Crippen molar-refractivity contribution in [1.29, 1.82) is 0 Å². The largest absolute Gasteiger partial charge is 0.431 e. The van der Waals surface area contributed by atoms with E-state index in [0.717, 1.165) is 0 Å². The second-order valence-electron chi connectivity index (χ2n) is 5.06. The van der Waals surface area contributed by atoms with Crippen LogP contribution in [-0.2, 0) is 6.54 Å². The number of nitrogens with two attached hydrogens (primary N) is 2. The number of nitrogens with one attached hydrogen (secondary N) is 1. The molecule has 3 aromatic rings. The van der Waals surface area contributed by atoms with Gasteiger partial charge in [-0.1, -0.05) is 0 Å². The highest BCUT2D eigenvalue weighted by Crippen LogP contribution is 2.21. The molecule has 0 aromatic carbocycles. The Morgan fingerprint density at radius 2 is 2.16 bits per heavy atom. The molecule has 0 fully saturated rings. The van der Waals surface area contributed by atoms with Crippen molar-refractivity contribution in [2.75, 3.05) is 11.1 Å². The first-order chi connectivity index (χ1) is 12.0. The fraction of sp³-hybridized carbons (Fsp3) is 0.133. The standard InChI is InChI=1S/C15H15N7O3/c1-2-22-7-9(12(21-22)13(17)23)20-14(24)10-6-19-15(25-10)8-3-4-18-11(16)5-8/h3-7H,2H2,1H3,(H2,16,18)(H2,17,23)(H,20,24). The molecule has 0 saturated carbocycles. The molecule has 3 aromatic heterocycles. The minimum atomic E-state index is -0.743. The number of rotatable bonds is 5. The number of amides is 2. The first-order valence-corrected chi connectivity index (χ1v) is 7.34. The smallest absolute Gasteiger partial charge is 0.293 e. The molecule has 10 heteroatoms. The molecule has 3 heterocycles. The van der Waals surface area contributed by atoms with E-state index in [4.69, 9.17) is 15.9 Å². The van der Waals surface area contributed by atoms with Gasteiger partial charge < -0.3 is 21.2 Å². The van der Waals surface area contributed by atoms with Gasteiger partial charge in [0.2, 0.25) is 11.7 Å². The number of aromatic nitrogens is 4. The molecule has 0 aliphatic rings. The summed E-state index contributed by atoms with van der Waals surface area (Å²) in [4.78, 5) is 31.7. The highest BCUT2D eigenvalue weighted by molar-refractivity contribution is 6.06. The van der Waals surface area contributed by atoms with Gasteiger partial charge in [0.05, 0.1) is 11.9 Å². The number of aryl methyl sites for hydroxylation is 1. The summed E-state index contributed by atoms with van der Waals surface area (Å²) in [6, 6.07) is 3.23. The fourth-order valence-electron chi connectivity index (χ4n) is 2.13. The second kappa shape index (κ2) is 6.43. The van der Waals surface area contributed by atoms with E-state index in [1.165, 1.54) is 23.3 Å². The van der Waals surface area contributed by atoms with Crippen molar-refractivity contribution in [1.82, 2.24) is 19.7 Å².